The van der Waals surface area contributed by atoms with Crippen LogP contribution < -0.4 is 20.7 Å². The van der Waals surface area contributed by atoms with Crippen LogP contribution in [0.15, 0.2) is 18.2 Å². The van der Waals surface area contributed by atoms with Crippen LogP contribution in [0.25, 0.3) is 0 Å². The topological polar surface area (TPSA) is 112 Å². The second-order valence-corrected chi connectivity index (χ2v) is 11.0. The second kappa shape index (κ2) is 15.3. The Morgan fingerprint density at radius 3 is 2.58 bits per heavy atom. The summed E-state index contributed by atoms with van der Waals surface area (Å²) in [6.45, 7) is 7.51. The van der Waals surface area contributed by atoms with Crippen molar-refractivity contribution in [1.29, 1.82) is 0 Å². The first-order chi connectivity index (χ1) is 18.3. The van der Waals surface area contributed by atoms with Crippen LogP contribution in [0.2, 0.25) is 0 Å². The molecule has 1 aliphatic heterocycles. The molecule has 1 aliphatic carbocycles. The molecule has 0 unspecified atom stereocenters. The Balaban J connectivity index is 1.89. The molecule has 9 heteroatoms. The Hall–Kier alpha value is -2.36. The van der Waals surface area contributed by atoms with Gasteiger partial charge in [-0.3, -0.25) is 4.79 Å². The van der Waals surface area contributed by atoms with Crippen molar-refractivity contribution in [2.24, 2.45) is 5.92 Å². The highest BCUT2D eigenvalue weighted by Gasteiger charge is 2.30. The third-order valence-electron chi connectivity index (χ3n) is 7.66. The number of urea groups is 1. The first kappa shape index (κ1) is 30.2. The van der Waals surface area contributed by atoms with Gasteiger partial charge in [0.1, 0.15) is 5.75 Å². The summed E-state index contributed by atoms with van der Waals surface area (Å²) in [5.74, 6) is 0.287. The Morgan fingerprint density at radius 1 is 1.13 bits per heavy atom. The van der Waals surface area contributed by atoms with Crippen LogP contribution in [-0.2, 0) is 4.74 Å². The van der Waals surface area contributed by atoms with Crippen molar-refractivity contribution in [2.45, 2.75) is 96.4 Å². The minimum absolute atomic E-state index is 0.0363. The van der Waals surface area contributed by atoms with Gasteiger partial charge in [-0.25, -0.2) is 4.79 Å². The highest BCUT2D eigenvalue weighted by atomic mass is 16.5. The van der Waals surface area contributed by atoms with Crippen molar-refractivity contribution >= 4 is 17.6 Å². The van der Waals surface area contributed by atoms with Gasteiger partial charge < -0.3 is 35.4 Å². The van der Waals surface area contributed by atoms with Crippen molar-refractivity contribution in [2.75, 3.05) is 38.7 Å². The standard InChI is InChI=1S/C29H48N4O5/c1-20-18-33(21(2)19-34)28(35)25-16-24(32-29(36)31-23-11-6-5-7-12-23)13-14-26(25)38-22(3)10-8-9-15-37-27(20)17-30-4/h13-14,16,20-23,27,30,34H,5-12,15,17-19H2,1-4H3,(H2,31,32,36)/t20-,21+,22-,27-/m0/s1. The monoisotopic (exact) mass is 532 g/mol. The number of benzene rings is 1. The van der Waals surface area contributed by atoms with Crippen LogP contribution in [0.3, 0.4) is 0 Å². The Kier molecular flexibility index (Phi) is 12.1. The highest BCUT2D eigenvalue weighted by molar-refractivity contribution is 5.99. The van der Waals surface area contributed by atoms with Crippen molar-refractivity contribution in [3.8, 4) is 5.75 Å². The number of hydrogen-bond acceptors (Lipinski definition) is 6. The molecule has 1 saturated carbocycles. The lowest BCUT2D eigenvalue weighted by Crippen LogP contribution is -2.47. The lowest BCUT2D eigenvalue weighted by atomic mass is 9.96. The molecule has 0 bridgehead atoms. The lowest BCUT2D eigenvalue weighted by Gasteiger charge is -2.34. The maximum absolute atomic E-state index is 14.0. The first-order valence-electron chi connectivity index (χ1n) is 14.4. The van der Waals surface area contributed by atoms with E-state index in [1.165, 1.54) is 6.42 Å². The van der Waals surface area contributed by atoms with E-state index in [2.05, 4.69) is 22.9 Å². The van der Waals surface area contributed by atoms with Crippen LogP contribution in [-0.4, -0.2) is 79.6 Å². The molecule has 0 radical (unpaired) electrons. The number of amides is 3. The van der Waals surface area contributed by atoms with Crippen molar-refractivity contribution < 1.29 is 24.2 Å². The molecule has 4 atom stereocenters. The van der Waals surface area contributed by atoms with Gasteiger partial charge in [0.05, 0.1) is 30.4 Å². The van der Waals surface area contributed by atoms with Gasteiger partial charge in [0.15, 0.2) is 0 Å². The summed E-state index contributed by atoms with van der Waals surface area (Å²) < 4.78 is 12.5. The van der Waals surface area contributed by atoms with Gasteiger partial charge >= 0.3 is 6.03 Å². The molecule has 38 heavy (non-hydrogen) atoms. The third kappa shape index (κ3) is 8.85. The molecule has 1 heterocycles. The number of likely N-dealkylation sites (N-methyl/N-ethyl adjacent to an activating group) is 1. The molecular weight excluding hydrogens is 484 g/mol. The van der Waals surface area contributed by atoms with Crippen molar-refractivity contribution in [1.82, 2.24) is 15.5 Å². The third-order valence-corrected chi connectivity index (χ3v) is 7.66. The van der Waals surface area contributed by atoms with E-state index in [0.717, 1.165) is 44.9 Å². The number of aliphatic hydroxyl groups is 1. The predicted molar refractivity (Wildman–Crippen MR) is 150 cm³/mol. The summed E-state index contributed by atoms with van der Waals surface area (Å²) in [5.41, 5.74) is 0.909. The van der Waals surface area contributed by atoms with E-state index in [9.17, 15) is 14.7 Å². The normalized spacial score (nSPS) is 25.0. The van der Waals surface area contributed by atoms with Crippen molar-refractivity contribution in [3.63, 3.8) is 0 Å². The van der Waals surface area contributed by atoms with E-state index >= 15 is 0 Å². The average Bonchev–Trinajstić information content (AvgIpc) is 2.90. The zero-order valence-corrected chi connectivity index (χ0v) is 23.6. The number of nitrogens with one attached hydrogen (secondary N) is 3. The molecule has 214 valence electrons. The zero-order valence-electron chi connectivity index (χ0n) is 23.6. The molecule has 0 saturated heterocycles. The maximum atomic E-state index is 14.0. The smallest absolute Gasteiger partial charge is 0.319 e. The molecule has 0 spiro atoms. The molecular formula is C29H48N4O5. The number of nitrogens with zero attached hydrogens (tertiary/aromatic N) is 1. The molecule has 1 aromatic carbocycles. The number of ether oxygens (including phenoxy) is 2. The van der Waals surface area contributed by atoms with Gasteiger partial charge in [0.25, 0.3) is 5.91 Å². The first-order valence-corrected chi connectivity index (χ1v) is 14.4. The van der Waals surface area contributed by atoms with Crippen molar-refractivity contribution in [3.05, 3.63) is 23.8 Å². The second-order valence-electron chi connectivity index (χ2n) is 11.0. The highest BCUT2D eigenvalue weighted by Crippen LogP contribution is 2.28. The summed E-state index contributed by atoms with van der Waals surface area (Å²) in [6, 6.07) is 4.76. The molecule has 4 N–H and O–H groups in total. The minimum atomic E-state index is -0.399. The number of aliphatic hydroxyl groups excluding tert-OH is 1. The van der Waals surface area contributed by atoms with Gasteiger partial charge in [-0.15, -0.1) is 0 Å². The number of anilines is 1. The summed E-state index contributed by atoms with van der Waals surface area (Å²) in [4.78, 5) is 28.4. The van der Waals surface area contributed by atoms with Crippen LogP contribution >= 0.6 is 0 Å². The van der Waals surface area contributed by atoms with Gasteiger partial charge in [0, 0.05) is 37.3 Å². The fourth-order valence-electron chi connectivity index (χ4n) is 5.29. The quantitative estimate of drug-likeness (QED) is 0.438. The summed E-state index contributed by atoms with van der Waals surface area (Å²) >= 11 is 0. The number of hydrogen-bond donors (Lipinski definition) is 4. The molecule has 0 aromatic heterocycles. The van der Waals surface area contributed by atoms with E-state index < -0.39 is 6.04 Å². The summed E-state index contributed by atoms with van der Waals surface area (Å²) in [5, 5.41) is 19.2. The molecule has 2 aliphatic rings. The zero-order chi connectivity index (χ0) is 27.5. The molecule has 3 rings (SSSR count). The Morgan fingerprint density at radius 2 is 1.87 bits per heavy atom. The van der Waals surface area contributed by atoms with Crippen LogP contribution in [0.5, 0.6) is 5.75 Å². The van der Waals surface area contributed by atoms with Gasteiger partial charge in [-0.05, 0) is 71.2 Å². The van der Waals surface area contributed by atoms with E-state index in [1.807, 2.05) is 20.9 Å². The SMILES string of the molecule is CNC[C@@H]1OCCCC[C@H](C)Oc2ccc(NC(=O)NC3CCCCC3)cc2C(=O)N([C@H](C)CO)C[C@@H]1C. The minimum Gasteiger partial charge on any atom is -0.490 e. The van der Waals surface area contributed by atoms with E-state index in [4.69, 9.17) is 9.47 Å². The van der Waals surface area contributed by atoms with E-state index in [-0.39, 0.29) is 42.7 Å². The fourth-order valence-corrected chi connectivity index (χ4v) is 5.29. The van der Waals surface area contributed by atoms with Crippen LogP contribution in [0, 0.1) is 5.92 Å². The van der Waals surface area contributed by atoms with Gasteiger partial charge in [-0.1, -0.05) is 26.2 Å². The predicted octanol–water partition coefficient (Wildman–Crippen LogP) is 4.16. The Bertz CT molecular complexity index is 892. The molecule has 9 nitrogen and oxygen atoms in total. The van der Waals surface area contributed by atoms with Crippen LogP contribution in [0.1, 0.15) is 82.5 Å². The summed E-state index contributed by atoms with van der Waals surface area (Å²) in [7, 11) is 1.90. The summed E-state index contributed by atoms with van der Waals surface area (Å²) in [6.07, 6.45) is 8.04. The number of fused-ring (bicyclic) bond motifs is 1. The lowest BCUT2D eigenvalue weighted by molar-refractivity contribution is -0.000451. The number of carbonyl (C=O) groups excluding carboxylic acids is 2. The van der Waals surface area contributed by atoms with Gasteiger partial charge in [-0.2, -0.15) is 0 Å². The maximum Gasteiger partial charge on any atom is 0.319 e. The van der Waals surface area contributed by atoms with Gasteiger partial charge in [0.2, 0.25) is 0 Å². The number of carbonyl (C=O) groups is 2. The van der Waals surface area contributed by atoms with E-state index in [0.29, 0.717) is 36.7 Å². The fraction of sp³-hybridized carbons (Fsp3) is 0.724. The van der Waals surface area contributed by atoms with E-state index in [1.54, 1.807) is 23.1 Å². The molecule has 1 aromatic rings. The Labute approximate surface area is 228 Å². The van der Waals surface area contributed by atoms with Crippen LogP contribution in [0.4, 0.5) is 10.5 Å². The molecule has 3 amide bonds. The average molecular weight is 533 g/mol. The molecule has 1 fully saturated rings. The number of rotatable bonds is 6. The largest absolute Gasteiger partial charge is 0.490 e.